The smallest absolute Gasteiger partial charge is 0.269 e. The highest BCUT2D eigenvalue weighted by atomic mass is 19.1. The van der Waals surface area contributed by atoms with Gasteiger partial charge in [-0.1, -0.05) is 18.2 Å². The van der Waals surface area contributed by atoms with Crippen LogP contribution in [0.1, 0.15) is 16.7 Å². The molecular formula is C24H21FN2O4. The number of aliphatic imine (C=N–C) groups is 1. The predicted octanol–water partition coefficient (Wildman–Crippen LogP) is 5.80. The molecule has 0 saturated heterocycles. The van der Waals surface area contributed by atoms with E-state index >= 15 is 0 Å². The zero-order valence-electron chi connectivity index (χ0n) is 17.0. The van der Waals surface area contributed by atoms with Crippen molar-refractivity contribution >= 4 is 17.6 Å². The summed E-state index contributed by atoms with van der Waals surface area (Å²) in [6.07, 6.45) is 3.96. The molecule has 3 rings (SSSR count). The van der Waals surface area contributed by atoms with Crippen LogP contribution >= 0.6 is 0 Å². The first-order valence-corrected chi connectivity index (χ1v) is 9.47. The van der Waals surface area contributed by atoms with Gasteiger partial charge in [-0.2, -0.15) is 0 Å². The molecule has 0 amide bonds. The van der Waals surface area contributed by atoms with Gasteiger partial charge in [0.2, 0.25) is 0 Å². The number of allylic oxidation sites excluding steroid dienone is 1. The Kier molecular flexibility index (Phi) is 7.11. The zero-order chi connectivity index (χ0) is 22.2. The summed E-state index contributed by atoms with van der Waals surface area (Å²) in [5, 5.41) is 10.8. The molecule has 3 aromatic carbocycles. The fraction of sp³-hybridized carbons (Fsp3) is 0.125. The van der Waals surface area contributed by atoms with Crippen molar-refractivity contribution in [2.75, 3.05) is 7.11 Å². The monoisotopic (exact) mass is 420 g/mol. The van der Waals surface area contributed by atoms with Crippen LogP contribution in [0.15, 0.2) is 78.3 Å². The van der Waals surface area contributed by atoms with Crippen molar-refractivity contribution in [3.05, 3.63) is 106 Å². The van der Waals surface area contributed by atoms with E-state index in [0.717, 1.165) is 16.7 Å². The summed E-state index contributed by atoms with van der Waals surface area (Å²) in [5.74, 6) is 0.816. The van der Waals surface area contributed by atoms with Crippen molar-refractivity contribution in [2.24, 2.45) is 4.99 Å². The van der Waals surface area contributed by atoms with Gasteiger partial charge in [0.25, 0.3) is 5.69 Å². The highest BCUT2D eigenvalue weighted by Gasteiger charge is 2.13. The highest BCUT2D eigenvalue weighted by Crippen LogP contribution is 2.34. The minimum atomic E-state index is -0.454. The maximum atomic E-state index is 13.1. The topological polar surface area (TPSA) is 74.0 Å². The lowest BCUT2D eigenvalue weighted by molar-refractivity contribution is -0.384. The molecule has 0 spiro atoms. The second-order valence-electron chi connectivity index (χ2n) is 6.65. The molecule has 0 aliphatic carbocycles. The van der Waals surface area contributed by atoms with E-state index in [1.807, 2.05) is 6.07 Å². The lowest BCUT2D eigenvalue weighted by Gasteiger charge is -2.16. The van der Waals surface area contributed by atoms with Crippen molar-refractivity contribution in [3.63, 3.8) is 0 Å². The number of hydrogen-bond donors (Lipinski definition) is 0. The third-order valence-corrected chi connectivity index (χ3v) is 4.46. The second-order valence-corrected chi connectivity index (χ2v) is 6.65. The Morgan fingerprint density at radius 1 is 1.13 bits per heavy atom. The van der Waals surface area contributed by atoms with E-state index in [1.165, 1.54) is 24.3 Å². The van der Waals surface area contributed by atoms with Crippen molar-refractivity contribution in [2.45, 2.75) is 13.0 Å². The Morgan fingerprint density at radius 2 is 1.84 bits per heavy atom. The van der Waals surface area contributed by atoms with Crippen LogP contribution in [-0.2, 0) is 13.0 Å². The summed E-state index contributed by atoms with van der Waals surface area (Å²) in [5.41, 5.74) is 3.07. The number of halogens is 1. The lowest BCUT2D eigenvalue weighted by atomic mass is 10.1. The Labute approximate surface area is 179 Å². The summed E-state index contributed by atoms with van der Waals surface area (Å²) in [6.45, 7) is 4.06. The molecule has 0 aliphatic rings. The van der Waals surface area contributed by atoms with Gasteiger partial charge in [0.1, 0.15) is 12.4 Å². The number of nitrogens with zero attached hydrogens (tertiary/aromatic N) is 2. The number of nitro groups is 1. The Morgan fingerprint density at radius 3 is 2.45 bits per heavy atom. The first-order valence-electron chi connectivity index (χ1n) is 9.47. The van der Waals surface area contributed by atoms with E-state index in [9.17, 15) is 14.5 Å². The largest absolute Gasteiger partial charge is 0.493 e. The normalized spacial score (nSPS) is 10.8. The van der Waals surface area contributed by atoms with E-state index in [-0.39, 0.29) is 18.1 Å². The van der Waals surface area contributed by atoms with Crippen molar-refractivity contribution in [1.82, 2.24) is 0 Å². The first-order chi connectivity index (χ1) is 15.0. The van der Waals surface area contributed by atoms with Crippen molar-refractivity contribution in [3.8, 4) is 11.5 Å². The van der Waals surface area contributed by atoms with E-state index in [0.29, 0.717) is 23.6 Å². The number of methoxy groups -OCH3 is 1. The van der Waals surface area contributed by atoms with Crippen molar-refractivity contribution in [1.29, 1.82) is 0 Å². The second kappa shape index (κ2) is 10.2. The van der Waals surface area contributed by atoms with E-state index < -0.39 is 4.92 Å². The zero-order valence-corrected chi connectivity index (χ0v) is 17.0. The third kappa shape index (κ3) is 5.76. The van der Waals surface area contributed by atoms with Crippen LogP contribution in [0.3, 0.4) is 0 Å². The van der Waals surface area contributed by atoms with Gasteiger partial charge in [0.05, 0.1) is 17.7 Å². The summed E-state index contributed by atoms with van der Waals surface area (Å²) in [4.78, 5) is 14.7. The van der Waals surface area contributed by atoms with E-state index in [1.54, 1.807) is 49.7 Å². The fourth-order valence-corrected chi connectivity index (χ4v) is 2.93. The predicted molar refractivity (Wildman–Crippen MR) is 118 cm³/mol. The molecule has 0 saturated carbocycles. The molecule has 3 aromatic rings. The molecular weight excluding hydrogens is 399 g/mol. The molecule has 0 bridgehead atoms. The lowest BCUT2D eigenvalue weighted by Crippen LogP contribution is -2.02. The van der Waals surface area contributed by atoms with Gasteiger partial charge < -0.3 is 9.47 Å². The standard InChI is InChI=1S/C24H21FN2O4/c1-3-4-19-13-18(15-26-21-9-11-22(12-10-21)27(28)29)14-23(30-2)24(19)31-16-17-5-7-20(25)8-6-17/h3,5-15H,1,4,16H2,2H3. The summed E-state index contributed by atoms with van der Waals surface area (Å²) in [6, 6.07) is 15.8. The highest BCUT2D eigenvalue weighted by molar-refractivity contribution is 5.84. The molecule has 0 atom stereocenters. The van der Waals surface area contributed by atoms with E-state index in [4.69, 9.17) is 9.47 Å². The van der Waals surface area contributed by atoms with Crippen LogP contribution in [0.4, 0.5) is 15.8 Å². The van der Waals surface area contributed by atoms with Gasteiger partial charge in [-0.25, -0.2) is 4.39 Å². The average Bonchev–Trinajstić information content (AvgIpc) is 2.78. The molecule has 0 aromatic heterocycles. The van der Waals surface area contributed by atoms with Crippen LogP contribution < -0.4 is 9.47 Å². The number of benzene rings is 3. The van der Waals surface area contributed by atoms with Crippen LogP contribution in [0.25, 0.3) is 0 Å². The van der Waals surface area contributed by atoms with Crippen LogP contribution in [0, 0.1) is 15.9 Å². The third-order valence-electron chi connectivity index (χ3n) is 4.46. The SMILES string of the molecule is C=CCc1cc(C=Nc2ccc([N+](=O)[O-])cc2)cc(OC)c1OCc1ccc(F)cc1. The first kappa shape index (κ1) is 21.7. The van der Waals surface area contributed by atoms with Gasteiger partial charge >= 0.3 is 0 Å². The maximum absolute atomic E-state index is 13.1. The van der Waals surface area contributed by atoms with Gasteiger partial charge in [-0.05, 0) is 53.9 Å². The molecule has 7 heteroatoms. The molecule has 0 fully saturated rings. The molecule has 6 nitrogen and oxygen atoms in total. The Hall–Kier alpha value is -4.00. The van der Waals surface area contributed by atoms with Crippen LogP contribution in [0.2, 0.25) is 0 Å². The summed E-state index contributed by atoms with van der Waals surface area (Å²) >= 11 is 0. The van der Waals surface area contributed by atoms with Crippen molar-refractivity contribution < 1.29 is 18.8 Å². The number of ether oxygens (including phenoxy) is 2. The summed E-state index contributed by atoms with van der Waals surface area (Å²) in [7, 11) is 1.55. The van der Waals surface area contributed by atoms with Gasteiger partial charge in [0.15, 0.2) is 11.5 Å². The van der Waals surface area contributed by atoms with E-state index in [2.05, 4.69) is 11.6 Å². The minimum Gasteiger partial charge on any atom is -0.493 e. The number of nitro benzene ring substituents is 1. The van der Waals surface area contributed by atoms with Crippen LogP contribution in [-0.4, -0.2) is 18.2 Å². The Bertz CT molecular complexity index is 1090. The number of rotatable bonds is 9. The summed E-state index contributed by atoms with van der Waals surface area (Å²) < 4.78 is 24.6. The molecule has 0 heterocycles. The molecule has 0 radical (unpaired) electrons. The molecule has 0 aliphatic heterocycles. The minimum absolute atomic E-state index is 0.0107. The molecule has 0 unspecified atom stereocenters. The molecule has 31 heavy (non-hydrogen) atoms. The Balaban J connectivity index is 1.84. The average molecular weight is 420 g/mol. The van der Waals surface area contributed by atoms with Gasteiger partial charge in [0, 0.05) is 23.9 Å². The maximum Gasteiger partial charge on any atom is 0.269 e. The fourth-order valence-electron chi connectivity index (χ4n) is 2.93. The number of non-ortho nitro benzene ring substituents is 1. The van der Waals surface area contributed by atoms with Gasteiger partial charge in [-0.15, -0.1) is 6.58 Å². The molecule has 0 N–H and O–H groups in total. The quantitative estimate of drug-likeness (QED) is 0.190. The van der Waals surface area contributed by atoms with Crippen LogP contribution in [0.5, 0.6) is 11.5 Å². The molecule has 158 valence electrons. The van der Waals surface area contributed by atoms with Gasteiger partial charge in [-0.3, -0.25) is 15.1 Å². The number of hydrogen-bond acceptors (Lipinski definition) is 5.